The lowest BCUT2D eigenvalue weighted by Gasteiger charge is -2.32. The van der Waals surface area contributed by atoms with Gasteiger partial charge in [-0.1, -0.05) is 13.8 Å². The number of ether oxygens (including phenoxy) is 1. The molecule has 0 aromatic rings. The summed E-state index contributed by atoms with van der Waals surface area (Å²) in [5.41, 5.74) is 0. The van der Waals surface area contributed by atoms with Crippen molar-refractivity contribution in [3.8, 4) is 0 Å². The van der Waals surface area contributed by atoms with Crippen LogP contribution in [0, 0.1) is 0 Å². The van der Waals surface area contributed by atoms with Crippen LogP contribution >= 0.6 is 0 Å². The number of likely N-dealkylation sites (N-methyl/N-ethyl adjacent to an activating group) is 1. The lowest BCUT2D eigenvalue weighted by atomic mass is 10.2. The lowest BCUT2D eigenvalue weighted by molar-refractivity contribution is -0.0259. The molecule has 18 heavy (non-hydrogen) atoms. The smallest absolute Gasteiger partial charge is 0.151 e. The number of sulfone groups is 1. The number of rotatable bonds is 7. The van der Waals surface area contributed by atoms with E-state index in [0.717, 1.165) is 32.8 Å². The van der Waals surface area contributed by atoms with Gasteiger partial charge in [0.15, 0.2) is 9.84 Å². The topological polar surface area (TPSA) is 58.6 Å². The molecule has 6 heteroatoms. The van der Waals surface area contributed by atoms with Crippen molar-refractivity contribution in [1.29, 1.82) is 0 Å². The summed E-state index contributed by atoms with van der Waals surface area (Å²) in [5.74, 6) is 0.413. The molecule has 2 atom stereocenters. The van der Waals surface area contributed by atoms with Crippen molar-refractivity contribution in [3.63, 3.8) is 0 Å². The average Bonchev–Trinajstić information content (AvgIpc) is 2.36. The summed E-state index contributed by atoms with van der Waals surface area (Å²) in [6.45, 7) is 10.2. The van der Waals surface area contributed by atoms with Crippen LogP contribution in [0.5, 0.6) is 0 Å². The van der Waals surface area contributed by atoms with Gasteiger partial charge in [0.1, 0.15) is 0 Å². The minimum atomic E-state index is -2.90. The molecule has 5 nitrogen and oxygen atoms in total. The van der Waals surface area contributed by atoms with E-state index in [1.165, 1.54) is 0 Å². The van der Waals surface area contributed by atoms with Gasteiger partial charge in [-0.2, -0.15) is 0 Å². The number of nitrogens with one attached hydrogen (secondary N) is 1. The van der Waals surface area contributed by atoms with Crippen molar-refractivity contribution < 1.29 is 13.2 Å². The van der Waals surface area contributed by atoms with E-state index in [2.05, 4.69) is 17.1 Å². The van der Waals surface area contributed by atoms with Crippen molar-refractivity contribution in [1.82, 2.24) is 10.2 Å². The summed E-state index contributed by atoms with van der Waals surface area (Å²) in [6, 6.07) is -0.0180. The van der Waals surface area contributed by atoms with Crippen LogP contribution in [0.3, 0.4) is 0 Å². The van der Waals surface area contributed by atoms with E-state index < -0.39 is 9.84 Å². The highest BCUT2D eigenvalue weighted by molar-refractivity contribution is 7.91. The lowest BCUT2D eigenvalue weighted by Crippen LogP contribution is -2.48. The molecule has 0 saturated carbocycles. The molecule has 0 bridgehead atoms. The Kier molecular flexibility index (Phi) is 6.55. The molecule has 1 aliphatic heterocycles. The molecule has 2 unspecified atom stereocenters. The van der Waals surface area contributed by atoms with E-state index >= 15 is 0 Å². The van der Waals surface area contributed by atoms with Crippen LogP contribution in [-0.2, 0) is 14.6 Å². The number of hydrogen-bond acceptors (Lipinski definition) is 5. The zero-order valence-corrected chi connectivity index (χ0v) is 12.5. The van der Waals surface area contributed by atoms with E-state index in [-0.39, 0.29) is 23.7 Å². The molecular weight excluding hydrogens is 252 g/mol. The monoisotopic (exact) mass is 278 g/mol. The minimum Gasteiger partial charge on any atom is -0.374 e. The Labute approximate surface area is 111 Å². The number of morpholine rings is 1. The first-order chi connectivity index (χ1) is 8.46. The Bertz CT molecular complexity index is 332. The van der Waals surface area contributed by atoms with Crippen LogP contribution in [0.4, 0.5) is 0 Å². The molecule has 0 aromatic heterocycles. The van der Waals surface area contributed by atoms with Gasteiger partial charge in [0.25, 0.3) is 0 Å². The third-order valence-electron chi connectivity index (χ3n) is 3.31. The van der Waals surface area contributed by atoms with E-state index in [0.29, 0.717) is 0 Å². The number of nitrogens with zero attached hydrogens (tertiary/aromatic N) is 1. The maximum atomic E-state index is 11.5. The maximum Gasteiger partial charge on any atom is 0.151 e. The third-order valence-corrected chi connectivity index (χ3v) is 5.20. The van der Waals surface area contributed by atoms with E-state index in [9.17, 15) is 8.42 Å². The van der Waals surface area contributed by atoms with Crippen LogP contribution in [0.2, 0.25) is 0 Å². The fourth-order valence-corrected chi connectivity index (χ4v) is 3.20. The van der Waals surface area contributed by atoms with Gasteiger partial charge >= 0.3 is 0 Å². The third kappa shape index (κ3) is 5.65. The maximum absolute atomic E-state index is 11.5. The van der Waals surface area contributed by atoms with Crippen molar-refractivity contribution >= 4 is 9.84 Å². The molecule has 1 saturated heterocycles. The molecule has 0 aromatic carbocycles. The van der Waals surface area contributed by atoms with Crippen LogP contribution in [0.25, 0.3) is 0 Å². The highest BCUT2D eigenvalue weighted by Gasteiger charge is 2.20. The molecule has 1 rings (SSSR count). The normalized spacial score (nSPS) is 24.1. The molecule has 1 N–H and O–H groups in total. The second kappa shape index (κ2) is 7.43. The van der Waals surface area contributed by atoms with E-state index in [1.807, 2.05) is 6.92 Å². The Morgan fingerprint density at radius 1 is 1.44 bits per heavy atom. The van der Waals surface area contributed by atoms with Crippen LogP contribution < -0.4 is 5.32 Å². The van der Waals surface area contributed by atoms with Gasteiger partial charge in [0.2, 0.25) is 0 Å². The first-order valence-corrected chi connectivity index (χ1v) is 8.56. The van der Waals surface area contributed by atoms with Crippen LogP contribution in [0.1, 0.15) is 20.8 Å². The Morgan fingerprint density at radius 2 is 2.17 bits per heavy atom. The van der Waals surface area contributed by atoms with Crippen molar-refractivity contribution in [2.45, 2.75) is 32.9 Å². The molecule has 0 aliphatic carbocycles. The van der Waals surface area contributed by atoms with Gasteiger partial charge in [-0.15, -0.1) is 0 Å². The first-order valence-electron chi connectivity index (χ1n) is 6.74. The van der Waals surface area contributed by atoms with Gasteiger partial charge in [-0.25, -0.2) is 8.42 Å². The molecule has 1 fully saturated rings. The SMILES string of the molecule is CCN1CCOC(CNC(C)CS(=O)(=O)CC)C1. The fraction of sp³-hybridized carbons (Fsp3) is 1.00. The summed E-state index contributed by atoms with van der Waals surface area (Å²) >= 11 is 0. The highest BCUT2D eigenvalue weighted by Crippen LogP contribution is 2.04. The molecular formula is C12H26N2O3S. The predicted octanol–water partition coefficient (Wildman–Crippen LogP) is 0.120. The van der Waals surface area contributed by atoms with Crippen LogP contribution in [0.15, 0.2) is 0 Å². The minimum absolute atomic E-state index is 0.0180. The molecule has 0 radical (unpaired) electrons. The summed E-state index contributed by atoms with van der Waals surface area (Å²) in [6.07, 6.45) is 0.172. The van der Waals surface area contributed by atoms with Crippen molar-refractivity contribution in [2.75, 3.05) is 44.3 Å². The zero-order chi connectivity index (χ0) is 13.6. The summed E-state index contributed by atoms with van der Waals surface area (Å²) in [4.78, 5) is 2.35. The standard InChI is InChI=1S/C12H26N2O3S/c1-4-14-6-7-17-12(9-14)8-13-11(3)10-18(15,16)5-2/h11-13H,4-10H2,1-3H3. The van der Waals surface area contributed by atoms with E-state index in [4.69, 9.17) is 4.74 Å². The van der Waals surface area contributed by atoms with Crippen LogP contribution in [-0.4, -0.2) is 69.8 Å². The largest absolute Gasteiger partial charge is 0.374 e. The number of hydrogen-bond donors (Lipinski definition) is 1. The summed E-state index contributed by atoms with van der Waals surface area (Å²) in [7, 11) is -2.90. The van der Waals surface area contributed by atoms with Gasteiger partial charge in [-0.3, -0.25) is 4.90 Å². The van der Waals surface area contributed by atoms with Gasteiger partial charge < -0.3 is 10.1 Å². The van der Waals surface area contributed by atoms with Gasteiger partial charge in [0, 0.05) is 31.4 Å². The molecule has 108 valence electrons. The fourth-order valence-electron chi connectivity index (χ4n) is 2.08. The first kappa shape index (κ1) is 15.9. The predicted molar refractivity (Wildman–Crippen MR) is 73.6 cm³/mol. The van der Waals surface area contributed by atoms with Crippen molar-refractivity contribution in [2.24, 2.45) is 0 Å². The molecule has 1 heterocycles. The van der Waals surface area contributed by atoms with E-state index in [1.54, 1.807) is 6.92 Å². The summed E-state index contributed by atoms with van der Waals surface area (Å²) < 4.78 is 28.6. The second-order valence-corrected chi connectivity index (χ2v) is 7.29. The molecule has 0 spiro atoms. The highest BCUT2D eigenvalue weighted by atomic mass is 32.2. The zero-order valence-electron chi connectivity index (χ0n) is 11.7. The van der Waals surface area contributed by atoms with Gasteiger partial charge in [-0.05, 0) is 13.5 Å². The molecule has 1 aliphatic rings. The summed E-state index contributed by atoms with van der Waals surface area (Å²) in [5, 5.41) is 3.26. The van der Waals surface area contributed by atoms with Crippen molar-refractivity contribution in [3.05, 3.63) is 0 Å². The molecule has 0 amide bonds. The quantitative estimate of drug-likeness (QED) is 0.717. The average molecular weight is 278 g/mol. The van der Waals surface area contributed by atoms with Gasteiger partial charge in [0.05, 0.1) is 18.5 Å². The Hall–Kier alpha value is -0.170. The Balaban J connectivity index is 2.27. The Morgan fingerprint density at radius 3 is 2.78 bits per heavy atom. The second-order valence-electron chi connectivity index (χ2n) is 4.89.